The molecular weight excluding hydrogens is 388 g/mol. The Kier molecular flexibility index (Phi) is 5.22. The zero-order valence-corrected chi connectivity index (χ0v) is 16.7. The van der Waals surface area contributed by atoms with Crippen molar-refractivity contribution in [3.63, 3.8) is 0 Å². The van der Waals surface area contributed by atoms with Crippen LogP contribution in [-0.4, -0.2) is 39.5 Å². The van der Waals surface area contributed by atoms with Gasteiger partial charge in [-0.2, -0.15) is 0 Å². The second kappa shape index (κ2) is 7.81. The molecule has 3 atom stereocenters. The molecular formula is C21H20N4O3S. The van der Waals surface area contributed by atoms with Gasteiger partial charge in [-0.3, -0.25) is 4.79 Å². The number of carbonyl (C=O) groups is 2. The summed E-state index contributed by atoms with van der Waals surface area (Å²) in [6.45, 7) is 1.96. The zero-order valence-electron chi connectivity index (χ0n) is 15.8. The van der Waals surface area contributed by atoms with E-state index in [0.29, 0.717) is 6.42 Å². The van der Waals surface area contributed by atoms with Crippen LogP contribution < -0.4 is 0 Å². The molecule has 0 unspecified atom stereocenters. The maximum absolute atomic E-state index is 13.4. The van der Waals surface area contributed by atoms with Gasteiger partial charge in [-0.25, -0.2) is 4.79 Å². The number of fused-ring (bicyclic) bond motifs is 1. The minimum absolute atomic E-state index is 0.0779. The lowest BCUT2D eigenvalue weighted by molar-refractivity contribution is -0.164. The van der Waals surface area contributed by atoms with Crippen molar-refractivity contribution < 1.29 is 14.3 Å². The third-order valence-electron chi connectivity index (χ3n) is 5.32. The Balaban J connectivity index is 1.66. The first-order chi connectivity index (χ1) is 14.0. The van der Waals surface area contributed by atoms with Crippen molar-refractivity contribution in [1.82, 2.24) is 4.90 Å². The average molecular weight is 408 g/mol. The van der Waals surface area contributed by atoms with Crippen LogP contribution in [-0.2, 0) is 14.3 Å². The number of azide groups is 1. The zero-order chi connectivity index (χ0) is 20.4. The Bertz CT molecular complexity index is 925. The standard InChI is InChI=1S/C21H20N4O3S/c1-21(13-23-24-22)19(25-16(26)12-17(25)29-21)20(27)28-18(14-8-4-2-5-9-14)15-10-6-3-7-11-15/h2-11,17-19H,12-13H2,1H3/t17-,19+,21+/m1/s1. The third kappa shape index (κ3) is 3.57. The van der Waals surface area contributed by atoms with E-state index in [0.717, 1.165) is 11.1 Å². The molecule has 2 aliphatic heterocycles. The number of ether oxygens (including phenoxy) is 1. The molecule has 2 aromatic carbocycles. The fourth-order valence-corrected chi connectivity index (χ4v) is 5.57. The van der Waals surface area contributed by atoms with E-state index in [1.54, 1.807) is 4.90 Å². The minimum atomic E-state index is -0.792. The molecule has 0 spiro atoms. The van der Waals surface area contributed by atoms with Gasteiger partial charge >= 0.3 is 5.97 Å². The van der Waals surface area contributed by atoms with Crippen LogP contribution in [0.25, 0.3) is 10.4 Å². The summed E-state index contributed by atoms with van der Waals surface area (Å²) in [5, 5.41) is 3.61. The molecule has 2 heterocycles. The van der Waals surface area contributed by atoms with E-state index in [2.05, 4.69) is 10.0 Å². The van der Waals surface area contributed by atoms with Crippen molar-refractivity contribution in [2.24, 2.45) is 5.11 Å². The molecule has 0 aliphatic carbocycles. The monoisotopic (exact) mass is 408 g/mol. The largest absolute Gasteiger partial charge is 0.451 e. The van der Waals surface area contributed by atoms with Crippen LogP contribution in [0, 0.1) is 0 Å². The molecule has 2 saturated heterocycles. The Hall–Kier alpha value is -2.96. The number of amides is 1. The molecule has 4 rings (SSSR count). The first kappa shape index (κ1) is 19.4. The van der Waals surface area contributed by atoms with Gasteiger partial charge in [-0.05, 0) is 23.6 Å². The topological polar surface area (TPSA) is 95.4 Å². The van der Waals surface area contributed by atoms with Gasteiger partial charge < -0.3 is 9.64 Å². The second-order valence-electron chi connectivity index (χ2n) is 7.32. The highest BCUT2D eigenvalue weighted by atomic mass is 32.2. The van der Waals surface area contributed by atoms with E-state index in [4.69, 9.17) is 10.3 Å². The van der Waals surface area contributed by atoms with E-state index in [1.807, 2.05) is 67.6 Å². The summed E-state index contributed by atoms with van der Waals surface area (Å²) in [5.41, 5.74) is 10.5. The number of carbonyl (C=O) groups excluding carboxylic acids is 2. The SMILES string of the molecule is C[C@@]1(CN=[N+]=[N-])S[C@@H]2CC(=O)N2[C@H]1C(=O)OC(c1ccccc1)c1ccccc1. The maximum atomic E-state index is 13.4. The summed E-state index contributed by atoms with van der Waals surface area (Å²) in [6, 6.07) is 18.2. The molecule has 2 aromatic rings. The number of hydrogen-bond donors (Lipinski definition) is 0. The number of β-lactam (4-membered cyclic amide) rings is 1. The van der Waals surface area contributed by atoms with Crippen LogP contribution in [0.4, 0.5) is 0 Å². The lowest BCUT2D eigenvalue weighted by Gasteiger charge is -2.38. The van der Waals surface area contributed by atoms with Gasteiger partial charge in [0, 0.05) is 11.5 Å². The van der Waals surface area contributed by atoms with Crippen LogP contribution in [0.1, 0.15) is 30.6 Å². The molecule has 29 heavy (non-hydrogen) atoms. The quantitative estimate of drug-likeness (QED) is 0.237. The summed E-state index contributed by atoms with van der Waals surface area (Å²) in [4.78, 5) is 30.0. The van der Waals surface area contributed by atoms with Crippen LogP contribution in [0.5, 0.6) is 0 Å². The highest BCUT2D eigenvalue weighted by Crippen LogP contribution is 2.51. The number of benzene rings is 2. The summed E-state index contributed by atoms with van der Waals surface area (Å²) in [6.07, 6.45) is -0.199. The smallest absolute Gasteiger partial charge is 0.331 e. The molecule has 0 aromatic heterocycles. The van der Waals surface area contributed by atoms with E-state index >= 15 is 0 Å². The van der Waals surface area contributed by atoms with Gasteiger partial charge in [0.25, 0.3) is 0 Å². The summed E-state index contributed by atoms with van der Waals surface area (Å²) in [7, 11) is 0. The highest BCUT2D eigenvalue weighted by Gasteiger charge is 2.61. The summed E-state index contributed by atoms with van der Waals surface area (Å²) < 4.78 is 5.28. The molecule has 0 radical (unpaired) electrons. The Morgan fingerprint density at radius 1 is 1.24 bits per heavy atom. The van der Waals surface area contributed by atoms with E-state index < -0.39 is 22.9 Å². The van der Waals surface area contributed by atoms with E-state index in [1.165, 1.54) is 11.8 Å². The number of hydrogen-bond acceptors (Lipinski definition) is 5. The first-order valence-corrected chi connectivity index (χ1v) is 10.2. The Morgan fingerprint density at radius 2 is 1.83 bits per heavy atom. The fourth-order valence-electron chi connectivity index (χ4n) is 3.90. The van der Waals surface area contributed by atoms with Gasteiger partial charge in [0.15, 0.2) is 6.10 Å². The predicted molar refractivity (Wildman–Crippen MR) is 110 cm³/mol. The van der Waals surface area contributed by atoms with Gasteiger partial charge in [-0.15, -0.1) is 11.8 Å². The van der Waals surface area contributed by atoms with Crippen molar-refractivity contribution in [1.29, 1.82) is 0 Å². The van der Waals surface area contributed by atoms with Crippen LogP contribution in [0.15, 0.2) is 65.8 Å². The fraction of sp³-hybridized carbons (Fsp3) is 0.333. The molecule has 2 fully saturated rings. The van der Waals surface area contributed by atoms with E-state index in [9.17, 15) is 9.59 Å². The number of nitrogens with zero attached hydrogens (tertiary/aromatic N) is 4. The van der Waals surface area contributed by atoms with Gasteiger partial charge in [0.1, 0.15) is 6.04 Å². The predicted octanol–water partition coefficient (Wildman–Crippen LogP) is 4.06. The lowest BCUT2D eigenvalue weighted by Crippen LogP contribution is -2.58. The molecule has 8 heteroatoms. The average Bonchev–Trinajstić information content (AvgIpc) is 2.99. The van der Waals surface area contributed by atoms with Gasteiger partial charge in [-0.1, -0.05) is 65.8 Å². The van der Waals surface area contributed by atoms with Crippen molar-refractivity contribution in [2.75, 3.05) is 6.54 Å². The number of esters is 1. The molecule has 0 saturated carbocycles. The normalized spacial score (nSPS) is 25.2. The number of rotatable bonds is 6. The highest BCUT2D eigenvalue weighted by molar-refractivity contribution is 8.01. The number of thioether (sulfide) groups is 1. The summed E-state index contributed by atoms with van der Waals surface area (Å²) >= 11 is 1.50. The lowest BCUT2D eigenvalue weighted by atomic mass is 9.96. The van der Waals surface area contributed by atoms with Crippen molar-refractivity contribution in [3.8, 4) is 0 Å². The Labute approximate surface area is 172 Å². The van der Waals surface area contributed by atoms with E-state index in [-0.39, 0.29) is 17.8 Å². The second-order valence-corrected chi connectivity index (χ2v) is 9.03. The van der Waals surface area contributed by atoms with Crippen LogP contribution >= 0.6 is 11.8 Å². The Morgan fingerprint density at radius 3 is 2.34 bits per heavy atom. The first-order valence-electron chi connectivity index (χ1n) is 9.34. The molecule has 1 amide bonds. The molecule has 0 N–H and O–H groups in total. The van der Waals surface area contributed by atoms with Crippen molar-refractivity contribution in [3.05, 3.63) is 82.2 Å². The van der Waals surface area contributed by atoms with Crippen LogP contribution in [0.3, 0.4) is 0 Å². The van der Waals surface area contributed by atoms with Gasteiger partial charge in [0.05, 0.1) is 16.5 Å². The maximum Gasteiger partial charge on any atom is 0.331 e. The molecule has 2 aliphatic rings. The molecule has 0 bridgehead atoms. The van der Waals surface area contributed by atoms with Crippen molar-refractivity contribution >= 4 is 23.6 Å². The summed E-state index contributed by atoms with van der Waals surface area (Å²) in [5.74, 6) is -0.563. The molecule has 148 valence electrons. The third-order valence-corrected chi connectivity index (χ3v) is 6.88. The van der Waals surface area contributed by atoms with Crippen molar-refractivity contribution in [2.45, 2.75) is 35.6 Å². The van der Waals surface area contributed by atoms with Gasteiger partial charge in [0.2, 0.25) is 5.91 Å². The van der Waals surface area contributed by atoms with Crippen LogP contribution in [0.2, 0.25) is 0 Å². The minimum Gasteiger partial charge on any atom is -0.451 e. The molecule has 7 nitrogen and oxygen atoms in total.